The second-order valence-electron chi connectivity index (χ2n) is 6.97. The number of benzene rings is 1. The minimum atomic E-state index is -0.240. The quantitative estimate of drug-likeness (QED) is 0.706. The number of nitrogens with zero attached hydrogens (tertiary/aromatic N) is 3. The number of methoxy groups -OCH3 is 1. The molecule has 8 heteroatoms. The van der Waals surface area contributed by atoms with E-state index in [0.29, 0.717) is 23.9 Å². The van der Waals surface area contributed by atoms with Crippen LogP contribution >= 0.6 is 11.6 Å². The van der Waals surface area contributed by atoms with Gasteiger partial charge in [-0.05, 0) is 37.5 Å². The smallest absolute Gasteiger partial charge is 0.248 e. The zero-order valence-corrected chi connectivity index (χ0v) is 16.4. The molecule has 1 heterocycles. The fourth-order valence-electron chi connectivity index (χ4n) is 3.13. The number of amides is 3. The Labute approximate surface area is 163 Å². The second kappa shape index (κ2) is 8.27. The number of hydrogen-bond donors (Lipinski definition) is 0. The third kappa shape index (κ3) is 4.42. The summed E-state index contributed by atoms with van der Waals surface area (Å²) in [4.78, 5) is 42.2. The molecule has 3 rings (SSSR count). The lowest BCUT2D eigenvalue weighted by molar-refractivity contribution is -0.141. The van der Waals surface area contributed by atoms with Crippen LogP contribution < -0.4 is 4.90 Å². The van der Waals surface area contributed by atoms with E-state index < -0.39 is 0 Å². The standard InChI is InChI=1S/C19H24ClN3O4/c1-13-15(20)4-3-5-16(13)23-12-22(11-18(23)25)17(24)10-21(8-9-27-2)19(26)14-6-7-14/h3-5,14H,6-12H2,1-2H3. The van der Waals surface area contributed by atoms with E-state index in [2.05, 4.69) is 0 Å². The van der Waals surface area contributed by atoms with Crippen molar-refractivity contribution in [3.8, 4) is 0 Å². The van der Waals surface area contributed by atoms with Crippen molar-refractivity contribution in [2.24, 2.45) is 5.92 Å². The summed E-state index contributed by atoms with van der Waals surface area (Å²) < 4.78 is 5.05. The molecule has 1 saturated carbocycles. The van der Waals surface area contributed by atoms with Crippen LogP contribution in [0.5, 0.6) is 0 Å². The Morgan fingerprint density at radius 1 is 1.33 bits per heavy atom. The van der Waals surface area contributed by atoms with Gasteiger partial charge in [0.2, 0.25) is 17.7 Å². The number of hydrogen-bond acceptors (Lipinski definition) is 4. The van der Waals surface area contributed by atoms with Crippen molar-refractivity contribution in [2.45, 2.75) is 19.8 Å². The van der Waals surface area contributed by atoms with Crippen LogP contribution in [0.1, 0.15) is 18.4 Å². The second-order valence-corrected chi connectivity index (χ2v) is 7.37. The van der Waals surface area contributed by atoms with Gasteiger partial charge in [0.25, 0.3) is 0 Å². The van der Waals surface area contributed by atoms with E-state index in [4.69, 9.17) is 16.3 Å². The van der Waals surface area contributed by atoms with Crippen LogP contribution in [0.2, 0.25) is 5.02 Å². The molecule has 1 aliphatic carbocycles. The predicted molar refractivity (Wildman–Crippen MR) is 101 cm³/mol. The Balaban J connectivity index is 1.67. The van der Waals surface area contributed by atoms with E-state index in [0.717, 1.165) is 18.4 Å². The molecule has 0 unspecified atom stereocenters. The van der Waals surface area contributed by atoms with Gasteiger partial charge in [0.15, 0.2) is 0 Å². The Morgan fingerprint density at radius 2 is 2.07 bits per heavy atom. The van der Waals surface area contributed by atoms with Crippen LogP contribution in [0.3, 0.4) is 0 Å². The first kappa shape index (κ1) is 19.6. The van der Waals surface area contributed by atoms with Crippen LogP contribution in [0.4, 0.5) is 5.69 Å². The monoisotopic (exact) mass is 393 g/mol. The van der Waals surface area contributed by atoms with Crippen LogP contribution in [-0.2, 0) is 19.1 Å². The van der Waals surface area contributed by atoms with E-state index in [1.807, 2.05) is 13.0 Å². The first-order chi connectivity index (χ1) is 12.9. The molecule has 1 aliphatic heterocycles. The van der Waals surface area contributed by atoms with Crippen LogP contribution in [-0.4, -0.2) is 67.5 Å². The molecule has 1 aromatic rings. The number of carbonyl (C=O) groups is 3. The zero-order chi connectivity index (χ0) is 19.6. The number of rotatable bonds is 7. The fourth-order valence-corrected chi connectivity index (χ4v) is 3.30. The maximum Gasteiger partial charge on any atom is 0.248 e. The number of carbonyl (C=O) groups excluding carboxylic acids is 3. The molecule has 2 aliphatic rings. The molecular formula is C19H24ClN3O4. The fraction of sp³-hybridized carbons (Fsp3) is 0.526. The Kier molecular flexibility index (Phi) is 6.01. The largest absolute Gasteiger partial charge is 0.383 e. The summed E-state index contributed by atoms with van der Waals surface area (Å²) in [6, 6.07) is 5.36. The van der Waals surface area contributed by atoms with E-state index >= 15 is 0 Å². The van der Waals surface area contributed by atoms with Gasteiger partial charge >= 0.3 is 0 Å². The van der Waals surface area contributed by atoms with Crippen LogP contribution in [0.15, 0.2) is 18.2 Å². The molecule has 7 nitrogen and oxygen atoms in total. The molecule has 146 valence electrons. The number of halogens is 1. The highest BCUT2D eigenvalue weighted by molar-refractivity contribution is 6.31. The minimum absolute atomic E-state index is 0.000519. The highest BCUT2D eigenvalue weighted by Gasteiger charge is 2.37. The Bertz CT molecular complexity index is 750. The van der Waals surface area contributed by atoms with Crippen molar-refractivity contribution in [3.05, 3.63) is 28.8 Å². The van der Waals surface area contributed by atoms with Gasteiger partial charge in [0.05, 0.1) is 13.2 Å². The van der Waals surface area contributed by atoms with Gasteiger partial charge in [-0.2, -0.15) is 0 Å². The van der Waals surface area contributed by atoms with Gasteiger partial charge < -0.3 is 14.5 Å². The van der Waals surface area contributed by atoms with Crippen molar-refractivity contribution in [2.75, 3.05) is 44.9 Å². The summed E-state index contributed by atoms with van der Waals surface area (Å²) in [5.41, 5.74) is 1.50. The average molecular weight is 394 g/mol. The predicted octanol–water partition coefficient (Wildman–Crippen LogP) is 1.67. The molecule has 1 aromatic carbocycles. The Morgan fingerprint density at radius 3 is 2.74 bits per heavy atom. The van der Waals surface area contributed by atoms with Crippen LogP contribution in [0.25, 0.3) is 0 Å². The molecule has 1 saturated heterocycles. The summed E-state index contributed by atoms with van der Waals surface area (Å²) in [6.45, 7) is 2.72. The topological polar surface area (TPSA) is 70.2 Å². The van der Waals surface area contributed by atoms with E-state index in [1.54, 1.807) is 29.0 Å². The van der Waals surface area contributed by atoms with E-state index in [1.165, 1.54) is 4.90 Å². The van der Waals surface area contributed by atoms with Crippen molar-refractivity contribution >= 4 is 35.0 Å². The SMILES string of the molecule is COCCN(CC(=O)N1CC(=O)N(c2cccc(Cl)c2C)C1)C(=O)C1CC1. The summed E-state index contributed by atoms with van der Waals surface area (Å²) in [5.74, 6) is -0.379. The van der Waals surface area contributed by atoms with Gasteiger partial charge in [-0.15, -0.1) is 0 Å². The molecule has 0 aromatic heterocycles. The average Bonchev–Trinajstić information content (AvgIpc) is 3.42. The molecular weight excluding hydrogens is 370 g/mol. The van der Waals surface area contributed by atoms with Gasteiger partial charge in [-0.3, -0.25) is 19.3 Å². The molecule has 0 radical (unpaired) electrons. The van der Waals surface area contributed by atoms with Crippen LogP contribution in [0, 0.1) is 12.8 Å². The highest BCUT2D eigenvalue weighted by Crippen LogP contribution is 2.31. The van der Waals surface area contributed by atoms with Gasteiger partial charge in [-0.1, -0.05) is 17.7 Å². The van der Waals surface area contributed by atoms with Crippen molar-refractivity contribution < 1.29 is 19.1 Å². The normalized spacial score (nSPS) is 16.8. The first-order valence-corrected chi connectivity index (χ1v) is 9.41. The van der Waals surface area contributed by atoms with Gasteiger partial charge in [0.1, 0.15) is 13.2 Å². The highest BCUT2D eigenvalue weighted by atomic mass is 35.5. The summed E-state index contributed by atoms with van der Waals surface area (Å²) in [7, 11) is 1.56. The lowest BCUT2D eigenvalue weighted by Gasteiger charge is -2.25. The van der Waals surface area contributed by atoms with Crippen molar-refractivity contribution in [1.82, 2.24) is 9.80 Å². The van der Waals surface area contributed by atoms with Gasteiger partial charge in [0, 0.05) is 30.3 Å². The van der Waals surface area contributed by atoms with Crippen molar-refractivity contribution in [3.63, 3.8) is 0 Å². The third-order valence-electron chi connectivity index (χ3n) is 4.95. The first-order valence-electron chi connectivity index (χ1n) is 9.03. The van der Waals surface area contributed by atoms with E-state index in [-0.39, 0.29) is 43.4 Å². The maximum absolute atomic E-state index is 12.7. The minimum Gasteiger partial charge on any atom is -0.383 e. The molecule has 0 N–H and O–H groups in total. The molecule has 27 heavy (non-hydrogen) atoms. The zero-order valence-electron chi connectivity index (χ0n) is 15.6. The molecule has 2 fully saturated rings. The molecule has 0 atom stereocenters. The summed E-state index contributed by atoms with van der Waals surface area (Å²) in [6.07, 6.45) is 1.75. The maximum atomic E-state index is 12.7. The molecule has 0 spiro atoms. The number of anilines is 1. The summed E-state index contributed by atoms with van der Waals surface area (Å²) in [5, 5.41) is 0.575. The number of ether oxygens (including phenoxy) is 1. The summed E-state index contributed by atoms with van der Waals surface area (Å²) >= 11 is 6.15. The lowest BCUT2D eigenvalue weighted by Crippen LogP contribution is -2.44. The molecule has 3 amide bonds. The molecule has 0 bridgehead atoms. The third-order valence-corrected chi connectivity index (χ3v) is 5.36. The Hall–Kier alpha value is -2.12. The van der Waals surface area contributed by atoms with E-state index in [9.17, 15) is 14.4 Å². The van der Waals surface area contributed by atoms with Crippen molar-refractivity contribution in [1.29, 1.82) is 0 Å². The lowest BCUT2D eigenvalue weighted by atomic mass is 10.2. The van der Waals surface area contributed by atoms with Gasteiger partial charge in [-0.25, -0.2) is 0 Å².